The summed E-state index contributed by atoms with van der Waals surface area (Å²) in [5.41, 5.74) is 0.449. The summed E-state index contributed by atoms with van der Waals surface area (Å²) < 4.78 is 5.76. The summed E-state index contributed by atoms with van der Waals surface area (Å²) in [6.07, 6.45) is 2.05. The zero-order chi connectivity index (χ0) is 23.3. The molecular weight excluding hydrogens is 461 g/mol. The molecule has 0 aromatic heterocycles. The topological polar surface area (TPSA) is 125 Å². The number of amides is 3. The van der Waals surface area contributed by atoms with E-state index in [0.29, 0.717) is 22.1 Å². The van der Waals surface area contributed by atoms with E-state index >= 15 is 0 Å². The molecule has 0 bridgehead atoms. The van der Waals surface area contributed by atoms with E-state index in [0.717, 1.165) is 0 Å². The normalized spacial score (nSPS) is 15.9. The maximum Gasteiger partial charge on any atom is 1.00 e. The van der Waals surface area contributed by atoms with Crippen LogP contribution in [0.1, 0.15) is 19.5 Å². The molecule has 0 aliphatic carbocycles. The average molecular weight is 482 g/mol. The van der Waals surface area contributed by atoms with Crippen molar-refractivity contribution in [2.75, 3.05) is 7.05 Å². The molecule has 1 heterocycles. The van der Waals surface area contributed by atoms with Crippen LogP contribution in [-0.4, -0.2) is 46.8 Å². The number of carbonyl (C=O) groups is 4. The van der Waals surface area contributed by atoms with Gasteiger partial charge in [0.05, 0.1) is 17.5 Å². The number of ketones is 1. The van der Waals surface area contributed by atoms with Crippen molar-refractivity contribution < 1.29 is 60.0 Å². The SMILES string of the molecule is CN1C=CC(=O)C(NC(=O)NC(CC(=O)O)c2cccc(Oc3ccccc3Cl)c2)C1=O.[H-].[Na+]. The summed E-state index contributed by atoms with van der Waals surface area (Å²) in [6, 6.07) is 10.2. The number of aliphatic carboxylic acids is 1. The van der Waals surface area contributed by atoms with Gasteiger partial charge in [-0.1, -0.05) is 35.9 Å². The fourth-order valence-corrected chi connectivity index (χ4v) is 3.19. The fraction of sp³-hybridized carbons (Fsp3) is 0.182. The van der Waals surface area contributed by atoms with Crippen LogP contribution in [0, 0.1) is 0 Å². The van der Waals surface area contributed by atoms with Crippen LogP contribution in [0.3, 0.4) is 0 Å². The Morgan fingerprint density at radius 1 is 1.21 bits per heavy atom. The molecule has 1 aliphatic heterocycles. The van der Waals surface area contributed by atoms with Crippen LogP contribution < -0.4 is 44.9 Å². The summed E-state index contributed by atoms with van der Waals surface area (Å²) in [6.45, 7) is 0. The Bertz CT molecular complexity index is 1100. The number of urea groups is 1. The molecule has 11 heteroatoms. The average Bonchev–Trinajstić information content (AvgIpc) is 2.75. The number of nitrogens with one attached hydrogen (secondary N) is 2. The predicted octanol–water partition coefficient (Wildman–Crippen LogP) is -0.0128. The number of carboxylic acids is 1. The maximum atomic E-state index is 12.5. The Kier molecular flexibility index (Phi) is 9.48. The molecule has 0 radical (unpaired) electrons. The van der Waals surface area contributed by atoms with Crippen molar-refractivity contribution in [2.45, 2.75) is 18.5 Å². The summed E-state index contributed by atoms with van der Waals surface area (Å²) in [7, 11) is 1.45. The Labute approximate surface area is 218 Å². The third-order valence-electron chi connectivity index (χ3n) is 4.63. The minimum atomic E-state index is -1.38. The minimum Gasteiger partial charge on any atom is -1.00 e. The quantitative estimate of drug-likeness (QED) is 0.377. The summed E-state index contributed by atoms with van der Waals surface area (Å²) in [4.78, 5) is 49.1. The predicted molar refractivity (Wildman–Crippen MR) is 116 cm³/mol. The van der Waals surface area contributed by atoms with Crippen LogP contribution in [0.4, 0.5) is 4.79 Å². The van der Waals surface area contributed by atoms with Crippen molar-refractivity contribution in [2.24, 2.45) is 0 Å². The molecule has 2 unspecified atom stereocenters. The number of hydrogen-bond donors (Lipinski definition) is 3. The van der Waals surface area contributed by atoms with Crippen molar-refractivity contribution in [3.63, 3.8) is 0 Å². The number of carbonyl (C=O) groups excluding carboxylic acids is 3. The van der Waals surface area contributed by atoms with Crippen molar-refractivity contribution in [1.29, 1.82) is 0 Å². The first-order chi connectivity index (χ1) is 15.2. The first kappa shape index (κ1) is 26.4. The van der Waals surface area contributed by atoms with Crippen molar-refractivity contribution in [1.82, 2.24) is 15.5 Å². The van der Waals surface area contributed by atoms with Gasteiger partial charge in [0.1, 0.15) is 11.5 Å². The van der Waals surface area contributed by atoms with Crippen molar-refractivity contribution >= 4 is 35.3 Å². The van der Waals surface area contributed by atoms with Gasteiger partial charge in [-0.2, -0.15) is 0 Å². The van der Waals surface area contributed by atoms with Gasteiger partial charge >= 0.3 is 41.6 Å². The molecule has 0 saturated carbocycles. The molecular formula is C22H21ClN3NaO6. The Hall–Kier alpha value is -2.85. The first-order valence-corrected chi connectivity index (χ1v) is 9.92. The molecule has 33 heavy (non-hydrogen) atoms. The van der Waals surface area contributed by atoms with Crippen LogP contribution in [-0.2, 0) is 14.4 Å². The number of ether oxygens (including phenoxy) is 1. The van der Waals surface area contributed by atoms with Crippen LogP contribution in [0.25, 0.3) is 0 Å². The van der Waals surface area contributed by atoms with Crippen LogP contribution in [0.5, 0.6) is 11.5 Å². The van der Waals surface area contributed by atoms with Gasteiger partial charge < -0.3 is 26.8 Å². The molecule has 2 atom stereocenters. The molecule has 3 N–H and O–H groups in total. The molecule has 3 amide bonds. The zero-order valence-corrected chi connectivity index (χ0v) is 20.7. The molecule has 0 fully saturated rings. The molecule has 2 aromatic carbocycles. The Morgan fingerprint density at radius 3 is 2.64 bits per heavy atom. The first-order valence-electron chi connectivity index (χ1n) is 9.54. The van der Waals surface area contributed by atoms with E-state index < -0.39 is 42.2 Å². The van der Waals surface area contributed by atoms with E-state index in [9.17, 15) is 24.3 Å². The van der Waals surface area contributed by atoms with Gasteiger partial charge in [-0.25, -0.2) is 4.79 Å². The largest absolute Gasteiger partial charge is 1.00 e. The number of hydrogen-bond acceptors (Lipinski definition) is 5. The summed E-state index contributed by atoms with van der Waals surface area (Å²) >= 11 is 6.11. The van der Waals surface area contributed by atoms with Gasteiger partial charge in [-0.05, 0) is 29.8 Å². The summed E-state index contributed by atoms with van der Waals surface area (Å²) in [5.74, 6) is -1.53. The van der Waals surface area contributed by atoms with Crippen molar-refractivity contribution in [3.8, 4) is 11.5 Å². The molecule has 9 nitrogen and oxygen atoms in total. The van der Waals surface area contributed by atoms with E-state index in [-0.39, 0.29) is 31.0 Å². The third kappa shape index (κ3) is 7.06. The Balaban J connectivity index is 0.00000289. The Morgan fingerprint density at radius 2 is 1.94 bits per heavy atom. The second kappa shape index (κ2) is 11.9. The van der Waals surface area contributed by atoms with E-state index in [4.69, 9.17) is 16.3 Å². The van der Waals surface area contributed by atoms with Crippen LogP contribution in [0.15, 0.2) is 60.8 Å². The van der Waals surface area contributed by atoms with E-state index in [1.807, 2.05) is 0 Å². The fourth-order valence-electron chi connectivity index (χ4n) is 3.02. The van der Waals surface area contributed by atoms with Gasteiger partial charge in [0.25, 0.3) is 5.91 Å². The van der Waals surface area contributed by atoms with Crippen LogP contribution in [0.2, 0.25) is 5.02 Å². The molecule has 2 aromatic rings. The van der Waals surface area contributed by atoms with Gasteiger partial charge in [0, 0.05) is 19.3 Å². The number of likely N-dealkylation sites (N-methyl/N-ethyl adjacent to an activating group) is 1. The number of carboxylic acid groups (broad SMARTS) is 1. The van der Waals surface area contributed by atoms with E-state index in [1.165, 1.54) is 24.2 Å². The van der Waals surface area contributed by atoms with Gasteiger partial charge in [-0.15, -0.1) is 0 Å². The van der Waals surface area contributed by atoms with Gasteiger partial charge in [0.15, 0.2) is 11.8 Å². The minimum absolute atomic E-state index is 0. The number of nitrogens with zero attached hydrogens (tertiary/aromatic N) is 1. The number of rotatable bonds is 7. The number of benzene rings is 2. The molecule has 1 aliphatic rings. The van der Waals surface area contributed by atoms with Gasteiger partial charge in [-0.3, -0.25) is 14.4 Å². The molecule has 168 valence electrons. The van der Waals surface area contributed by atoms with E-state index in [2.05, 4.69) is 10.6 Å². The van der Waals surface area contributed by atoms with Gasteiger partial charge in [0.2, 0.25) is 0 Å². The smallest absolute Gasteiger partial charge is 1.00 e. The third-order valence-corrected chi connectivity index (χ3v) is 4.94. The number of para-hydroxylation sites is 1. The standard InChI is InChI=1S/C22H20ClN3O6.Na.H/c1-26-10-9-17(27)20(21(26)30)25-22(31)24-16(12-19(28)29)13-5-4-6-14(11-13)32-18-8-3-2-7-15(18)23;;/h2-11,16,20H,12H2,1H3,(H,28,29)(H2,24,25,31);;/q;+1;-1. The molecule has 0 saturated heterocycles. The number of halogens is 1. The molecule has 0 spiro atoms. The summed E-state index contributed by atoms with van der Waals surface area (Å²) in [5, 5.41) is 14.5. The van der Waals surface area contributed by atoms with Crippen LogP contribution >= 0.6 is 11.6 Å². The van der Waals surface area contributed by atoms with E-state index in [1.54, 1.807) is 48.5 Å². The zero-order valence-electron chi connectivity index (χ0n) is 18.9. The second-order valence-corrected chi connectivity index (χ2v) is 7.38. The molecule has 3 rings (SSSR count). The van der Waals surface area contributed by atoms with Crippen molar-refractivity contribution in [3.05, 3.63) is 71.4 Å². The maximum absolute atomic E-state index is 12.5. The monoisotopic (exact) mass is 481 g/mol. The second-order valence-electron chi connectivity index (χ2n) is 6.97.